The van der Waals surface area contributed by atoms with Crippen LogP contribution in [0.1, 0.15) is 30.9 Å². The van der Waals surface area contributed by atoms with Crippen molar-refractivity contribution in [1.82, 2.24) is 5.43 Å². The van der Waals surface area contributed by atoms with Gasteiger partial charge in [0.2, 0.25) is 0 Å². The molecule has 1 aromatic rings. The highest BCUT2D eigenvalue weighted by Gasteiger charge is 2.23. The van der Waals surface area contributed by atoms with Crippen molar-refractivity contribution in [1.29, 1.82) is 0 Å². The van der Waals surface area contributed by atoms with E-state index in [0.29, 0.717) is 5.92 Å². The quantitative estimate of drug-likeness (QED) is 0.925. The fourth-order valence-electron chi connectivity index (χ4n) is 2.89. The Hall–Kier alpha value is -1.33. The summed E-state index contributed by atoms with van der Waals surface area (Å²) in [5.74, 6) is 1.50. The number of hydrazone groups is 1. The van der Waals surface area contributed by atoms with Gasteiger partial charge in [-0.2, -0.15) is 5.10 Å². The van der Waals surface area contributed by atoms with Crippen molar-refractivity contribution >= 4 is 28.3 Å². The summed E-state index contributed by atoms with van der Waals surface area (Å²) < 4.78 is 5.42. The first-order valence-electron chi connectivity index (χ1n) is 7.98. The van der Waals surface area contributed by atoms with E-state index < -0.39 is 0 Å². The monoisotopic (exact) mass is 317 g/mol. The molecule has 118 valence electrons. The van der Waals surface area contributed by atoms with E-state index in [2.05, 4.69) is 42.6 Å². The van der Waals surface area contributed by atoms with Crippen molar-refractivity contribution in [3.05, 3.63) is 29.3 Å². The number of hydrogen-bond acceptors (Lipinski definition) is 4. The molecule has 2 aliphatic rings. The number of nitrogens with one attached hydrogen (secondary N) is 1. The number of aryl methyl sites for hydroxylation is 2. The first kappa shape index (κ1) is 15.6. The summed E-state index contributed by atoms with van der Waals surface area (Å²) in [6.45, 7) is 6.00. The Morgan fingerprint density at radius 1 is 1.36 bits per heavy atom. The molecule has 0 spiro atoms. The number of ether oxygens (including phenoxy) is 1. The van der Waals surface area contributed by atoms with Crippen molar-refractivity contribution in [2.75, 3.05) is 19.0 Å². The molecule has 0 atom stereocenters. The predicted molar refractivity (Wildman–Crippen MR) is 94.2 cm³/mol. The molecule has 0 amide bonds. The molecule has 0 aliphatic carbocycles. The zero-order chi connectivity index (χ0) is 15.4. The van der Waals surface area contributed by atoms with Gasteiger partial charge in [0.25, 0.3) is 0 Å². The summed E-state index contributed by atoms with van der Waals surface area (Å²) >= 11 is 1.75. The van der Waals surface area contributed by atoms with Gasteiger partial charge in [0.1, 0.15) is 0 Å². The van der Waals surface area contributed by atoms with Crippen LogP contribution in [0.25, 0.3) is 0 Å². The van der Waals surface area contributed by atoms with Gasteiger partial charge in [-0.15, -0.1) is 0 Å². The molecule has 0 radical (unpaired) electrons. The minimum atomic E-state index is 0.569. The third-order valence-corrected chi connectivity index (χ3v) is 5.16. The molecule has 22 heavy (non-hydrogen) atoms. The molecule has 1 aromatic carbocycles. The largest absolute Gasteiger partial charge is 0.381 e. The lowest BCUT2D eigenvalue weighted by Gasteiger charge is -2.25. The van der Waals surface area contributed by atoms with Crippen LogP contribution in [0.3, 0.4) is 0 Å². The zero-order valence-electron chi connectivity index (χ0n) is 13.3. The Balaban J connectivity index is 1.74. The zero-order valence-corrected chi connectivity index (χ0v) is 14.1. The standard InChI is InChI=1S/C17H23N3OS/c1-3-13-6-4-5-12(2)16(13)18-17-20-19-15(11-22-17)14-7-9-21-10-8-14/h4-6,14H,3,7-11H2,1-2H3,(H,18,20). The van der Waals surface area contributed by atoms with Gasteiger partial charge < -0.3 is 4.74 Å². The number of nitrogens with zero attached hydrogens (tertiary/aromatic N) is 2. The van der Waals surface area contributed by atoms with Gasteiger partial charge in [-0.25, -0.2) is 4.99 Å². The van der Waals surface area contributed by atoms with Gasteiger partial charge in [0.05, 0.1) is 11.4 Å². The summed E-state index contributed by atoms with van der Waals surface area (Å²) in [5, 5.41) is 5.48. The molecular formula is C17H23N3OS. The lowest BCUT2D eigenvalue weighted by Crippen LogP contribution is -2.32. The highest BCUT2D eigenvalue weighted by Crippen LogP contribution is 2.27. The summed E-state index contributed by atoms with van der Waals surface area (Å²) in [4.78, 5) is 4.80. The van der Waals surface area contributed by atoms with Gasteiger partial charge >= 0.3 is 0 Å². The van der Waals surface area contributed by atoms with Gasteiger partial charge in [0, 0.05) is 24.9 Å². The Kier molecular flexibility index (Phi) is 5.16. The highest BCUT2D eigenvalue weighted by atomic mass is 32.2. The molecule has 3 rings (SSSR count). The molecule has 5 heteroatoms. The van der Waals surface area contributed by atoms with Crippen LogP contribution in [-0.2, 0) is 11.2 Å². The molecule has 0 aromatic heterocycles. The Morgan fingerprint density at radius 3 is 2.86 bits per heavy atom. The molecule has 2 heterocycles. The smallest absolute Gasteiger partial charge is 0.182 e. The molecule has 0 bridgehead atoms. The van der Waals surface area contributed by atoms with E-state index in [4.69, 9.17) is 9.73 Å². The van der Waals surface area contributed by atoms with Crippen molar-refractivity contribution in [3.8, 4) is 0 Å². The van der Waals surface area contributed by atoms with Crippen LogP contribution in [0.2, 0.25) is 0 Å². The maximum absolute atomic E-state index is 5.42. The van der Waals surface area contributed by atoms with Crippen molar-refractivity contribution in [2.24, 2.45) is 16.0 Å². The van der Waals surface area contributed by atoms with Gasteiger partial charge in [-0.1, -0.05) is 36.9 Å². The number of thioether (sulfide) groups is 1. The molecule has 1 N–H and O–H groups in total. The summed E-state index contributed by atoms with van der Waals surface area (Å²) in [7, 11) is 0. The topological polar surface area (TPSA) is 46.0 Å². The minimum Gasteiger partial charge on any atom is -0.381 e. The molecule has 0 saturated carbocycles. The van der Waals surface area contributed by atoms with Crippen LogP contribution in [0.4, 0.5) is 5.69 Å². The van der Waals surface area contributed by atoms with Crippen LogP contribution in [0.5, 0.6) is 0 Å². The SMILES string of the molecule is CCc1cccc(C)c1N=C1NN=C(C2CCOCC2)CS1. The number of aliphatic imine (C=N–C) groups is 1. The van der Waals surface area contributed by atoms with E-state index in [1.54, 1.807) is 11.8 Å². The number of benzene rings is 1. The maximum atomic E-state index is 5.42. The average Bonchev–Trinajstić information content (AvgIpc) is 2.58. The van der Waals surface area contributed by atoms with E-state index >= 15 is 0 Å². The number of para-hydroxylation sites is 1. The lowest BCUT2D eigenvalue weighted by atomic mass is 9.96. The Bertz CT molecular complexity index is 592. The van der Waals surface area contributed by atoms with E-state index in [1.165, 1.54) is 16.8 Å². The summed E-state index contributed by atoms with van der Waals surface area (Å²) in [5.41, 5.74) is 8.00. The summed E-state index contributed by atoms with van der Waals surface area (Å²) in [6.07, 6.45) is 3.17. The third kappa shape index (κ3) is 3.52. The fraction of sp³-hybridized carbons (Fsp3) is 0.529. The number of rotatable bonds is 3. The first-order valence-corrected chi connectivity index (χ1v) is 8.96. The second-order valence-electron chi connectivity index (χ2n) is 5.74. The van der Waals surface area contributed by atoms with Crippen LogP contribution in [0, 0.1) is 12.8 Å². The normalized spacial score (nSPS) is 21.5. The molecule has 4 nitrogen and oxygen atoms in total. The van der Waals surface area contributed by atoms with Crippen molar-refractivity contribution < 1.29 is 4.74 Å². The maximum Gasteiger partial charge on any atom is 0.182 e. The number of amidine groups is 1. The van der Waals surface area contributed by atoms with Gasteiger partial charge in [0.15, 0.2) is 5.17 Å². The predicted octanol–water partition coefficient (Wildman–Crippen LogP) is 3.66. The van der Waals surface area contributed by atoms with Gasteiger partial charge in [-0.05, 0) is 37.3 Å². The van der Waals surface area contributed by atoms with E-state index in [-0.39, 0.29) is 0 Å². The average molecular weight is 317 g/mol. The second-order valence-corrected chi connectivity index (χ2v) is 6.71. The molecular weight excluding hydrogens is 294 g/mol. The molecule has 0 unspecified atom stereocenters. The lowest BCUT2D eigenvalue weighted by molar-refractivity contribution is 0.0826. The van der Waals surface area contributed by atoms with Gasteiger partial charge in [-0.3, -0.25) is 5.43 Å². The fourth-order valence-corrected chi connectivity index (χ4v) is 3.74. The van der Waals surface area contributed by atoms with E-state index in [0.717, 1.165) is 49.1 Å². The van der Waals surface area contributed by atoms with Crippen LogP contribution >= 0.6 is 11.8 Å². The Labute approximate surface area is 136 Å². The van der Waals surface area contributed by atoms with Crippen molar-refractivity contribution in [3.63, 3.8) is 0 Å². The van der Waals surface area contributed by atoms with Crippen molar-refractivity contribution in [2.45, 2.75) is 33.1 Å². The molecule has 1 fully saturated rings. The van der Waals surface area contributed by atoms with E-state index in [9.17, 15) is 0 Å². The second kappa shape index (κ2) is 7.29. The number of hydrogen-bond donors (Lipinski definition) is 1. The van der Waals surface area contributed by atoms with Crippen LogP contribution in [-0.4, -0.2) is 29.8 Å². The Morgan fingerprint density at radius 2 is 2.18 bits per heavy atom. The molecule has 2 aliphatic heterocycles. The summed E-state index contributed by atoms with van der Waals surface area (Å²) in [6, 6.07) is 6.36. The van der Waals surface area contributed by atoms with Crippen LogP contribution in [0.15, 0.2) is 28.3 Å². The van der Waals surface area contributed by atoms with E-state index in [1.807, 2.05) is 0 Å². The minimum absolute atomic E-state index is 0.569. The third-order valence-electron chi connectivity index (χ3n) is 4.26. The molecule has 1 saturated heterocycles. The highest BCUT2D eigenvalue weighted by molar-refractivity contribution is 8.14. The first-order chi connectivity index (χ1) is 10.8. The van der Waals surface area contributed by atoms with Crippen LogP contribution < -0.4 is 5.43 Å².